The Morgan fingerprint density at radius 2 is 1.81 bits per heavy atom. The molecule has 94 valence electrons. The third-order valence-corrected chi connectivity index (χ3v) is 4.49. The highest BCUT2D eigenvalue weighted by atomic mass is 16.4. The lowest BCUT2D eigenvalue weighted by molar-refractivity contribution is -0.151. The van der Waals surface area contributed by atoms with Gasteiger partial charge in [0.2, 0.25) is 0 Å². The van der Waals surface area contributed by atoms with Gasteiger partial charge in [-0.2, -0.15) is 0 Å². The molecule has 0 amide bonds. The highest BCUT2D eigenvalue weighted by molar-refractivity contribution is 5.74. The molecule has 1 saturated heterocycles. The number of nitrogens with zero attached hydrogens (tertiary/aromatic N) is 1. The molecule has 1 fully saturated rings. The molecule has 3 heteroatoms. The molecule has 0 saturated carbocycles. The third-order valence-electron chi connectivity index (χ3n) is 4.49. The van der Waals surface area contributed by atoms with E-state index in [1.807, 2.05) is 13.8 Å². The van der Waals surface area contributed by atoms with E-state index < -0.39 is 11.4 Å². The van der Waals surface area contributed by atoms with Crippen LogP contribution in [0.25, 0.3) is 0 Å². The maximum atomic E-state index is 11.2. The van der Waals surface area contributed by atoms with Gasteiger partial charge in [0, 0.05) is 19.6 Å². The monoisotopic (exact) mass is 227 g/mol. The molecule has 1 N–H and O–H groups in total. The molecule has 1 rings (SSSR count). The van der Waals surface area contributed by atoms with Gasteiger partial charge in [-0.3, -0.25) is 4.79 Å². The fourth-order valence-corrected chi connectivity index (χ4v) is 2.54. The number of likely N-dealkylation sites (tertiary alicyclic amines) is 1. The van der Waals surface area contributed by atoms with Gasteiger partial charge in [0.1, 0.15) is 0 Å². The average Bonchev–Trinajstić information content (AvgIpc) is 2.22. The van der Waals surface area contributed by atoms with Crippen LogP contribution >= 0.6 is 0 Å². The van der Waals surface area contributed by atoms with Gasteiger partial charge in [-0.15, -0.1) is 0 Å². The summed E-state index contributed by atoms with van der Waals surface area (Å²) in [5.74, 6) is -0.666. The Balaban J connectivity index is 2.50. The summed E-state index contributed by atoms with van der Waals surface area (Å²) in [7, 11) is 0. The van der Waals surface area contributed by atoms with E-state index in [1.165, 1.54) is 12.8 Å². The Bertz CT molecular complexity index is 253. The van der Waals surface area contributed by atoms with Crippen molar-refractivity contribution in [2.75, 3.05) is 19.6 Å². The summed E-state index contributed by atoms with van der Waals surface area (Å²) in [4.78, 5) is 13.5. The van der Waals surface area contributed by atoms with E-state index >= 15 is 0 Å². The summed E-state index contributed by atoms with van der Waals surface area (Å²) in [6, 6.07) is 0. The molecule has 0 bridgehead atoms. The van der Waals surface area contributed by atoms with Gasteiger partial charge in [0.15, 0.2) is 0 Å². The van der Waals surface area contributed by atoms with Gasteiger partial charge in [-0.1, -0.05) is 20.8 Å². The number of aliphatic carboxylic acids is 1. The van der Waals surface area contributed by atoms with Gasteiger partial charge in [-0.25, -0.2) is 0 Å². The topological polar surface area (TPSA) is 40.5 Å². The summed E-state index contributed by atoms with van der Waals surface area (Å²) < 4.78 is 0. The molecule has 0 radical (unpaired) electrons. The van der Waals surface area contributed by atoms with Gasteiger partial charge in [0.05, 0.1) is 5.41 Å². The lowest BCUT2D eigenvalue weighted by Crippen LogP contribution is -2.58. The first-order valence-corrected chi connectivity index (χ1v) is 6.37. The zero-order valence-electron chi connectivity index (χ0n) is 11.0. The van der Waals surface area contributed by atoms with E-state index in [0.717, 1.165) is 13.1 Å². The van der Waals surface area contributed by atoms with Crippen molar-refractivity contribution in [3.63, 3.8) is 0 Å². The fraction of sp³-hybridized carbons (Fsp3) is 0.923. The van der Waals surface area contributed by atoms with Crippen molar-refractivity contribution in [3.8, 4) is 0 Å². The van der Waals surface area contributed by atoms with Crippen molar-refractivity contribution in [3.05, 3.63) is 0 Å². The van der Waals surface area contributed by atoms with Crippen molar-refractivity contribution < 1.29 is 9.90 Å². The van der Waals surface area contributed by atoms with Crippen molar-refractivity contribution in [1.29, 1.82) is 0 Å². The average molecular weight is 227 g/mol. The van der Waals surface area contributed by atoms with Gasteiger partial charge >= 0.3 is 5.97 Å². The van der Waals surface area contributed by atoms with Crippen molar-refractivity contribution >= 4 is 5.97 Å². The van der Waals surface area contributed by atoms with Crippen LogP contribution in [0, 0.1) is 10.8 Å². The first-order chi connectivity index (χ1) is 7.41. The molecular weight excluding hydrogens is 202 g/mol. The molecular formula is C13H25NO2. The Hall–Kier alpha value is -0.570. The summed E-state index contributed by atoms with van der Waals surface area (Å²) in [5.41, 5.74) is -0.110. The molecule has 0 aromatic heterocycles. The van der Waals surface area contributed by atoms with Crippen LogP contribution in [-0.2, 0) is 4.79 Å². The highest BCUT2D eigenvalue weighted by Gasteiger charge is 2.43. The minimum Gasteiger partial charge on any atom is -0.481 e. The molecule has 1 atom stereocenters. The largest absolute Gasteiger partial charge is 0.481 e. The Kier molecular flexibility index (Phi) is 4.00. The molecule has 0 spiro atoms. The molecule has 0 aliphatic carbocycles. The first-order valence-electron chi connectivity index (χ1n) is 6.37. The van der Waals surface area contributed by atoms with Crippen LogP contribution in [0.1, 0.15) is 47.0 Å². The number of carbonyl (C=O) groups is 1. The smallest absolute Gasteiger partial charge is 0.310 e. The highest BCUT2D eigenvalue weighted by Crippen LogP contribution is 2.39. The number of hydrogen-bond acceptors (Lipinski definition) is 2. The standard InChI is InChI=1S/C13H25NO2/c1-5-12(4,11(15)16)8-14-9-13(6-2,7-3)10-14/h5-10H2,1-4H3,(H,15,16). The second-order valence-electron chi connectivity index (χ2n) is 5.57. The van der Waals surface area contributed by atoms with Crippen molar-refractivity contribution in [2.24, 2.45) is 10.8 Å². The number of carboxylic acids is 1. The molecule has 1 aliphatic rings. The molecule has 16 heavy (non-hydrogen) atoms. The van der Waals surface area contributed by atoms with Crippen LogP contribution < -0.4 is 0 Å². The number of rotatable bonds is 6. The minimum absolute atomic E-state index is 0.465. The third kappa shape index (κ3) is 2.40. The summed E-state index contributed by atoms with van der Waals surface area (Å²) in [6.45, 7) is 11.1. The van der Waals surface area contributed by atoms with E-state index in [2.05, 4.69) is 18.7 Å². The van der Waals surface area contributed by atoms with E-state index in [0.29, 0.717) is 18.4 Å². The molecule has 1 heterocycles. The van der Waals surface area contributed by atoms with Crippen LogP contribution in [-0.4, -0.2) is 35.6 Å². The summed E-state index contributed by atoms with van der Waals surface area (Å²) >= 11 is 0. The van der Waals surface area contributed by atoms with E-state index in [9.17, 15) is 9.90 Å². The fourth-order valence-electron chi connectivity index (χ4n) is 2.54. The number of hydrogen-bond donors (Lipinski definition) is 1. The van der Waals surface area contributed by atoms with Crippen LogP contribution in [0.3, 0.4) is 0 Å². The second-order valence-corrected chi connectivity index (χ2v) is 5.57. The molecule has 0 aromatic carbocycles. The Labute approximate surface area is 98.8 Å². The summed E-state index contributed by atoms with van der Waals surface area (Å²) in [5, 5.41) is 9.22. The second kappa shape index (κ2) is 4.74. The van der Waals surface area contributed by atoms with Gasteiger partial charge in [0.25, 0.3) is 0 Å². The van der Waals surface area contributed by atoms with E-state index in [1.54, 1.807) is 0 Å². The van der Waals surface area contributed by atoms with E-state index in [4.69, 9.17) is 0 Å². The molecule has 1 aliphatic heterocycles. The number of carboxylic acid groups (broad SMARTS) is 1. The maximum Gasteiger partial charge on any atom is 0.310 e. The maximum absolute atomic E-state index is 11.2. The normalized spacial score (nSPS) is 23.5. The first kappa shape index (κ1) is 13.5. The molecule has 1 unspecified atom stereocenters. The van der Waals surface area contributed by atoms with Crippen molar-refractivity contribution in [2.45, 2.75) is 47.0 Å². The zero-order valence-corrected chi connectivity index (χ0v) is 11.0. The van der Waals surface area contributed by atoms with Crippen molar-refractivity contribution in [1.82, 2.24) is 4.90 Å². The SMILES string of the molecule is CCC1(CC)CN(CC(C)(CC)C(=O)O)C1. The zero-order chi connectivity index (χ0) is 12.4. The van der Waals surface area contributed by atoms with Gasteiger partial charge < -0.3 is 10.0 Å². The molecule has 3 nitrogen and oxygen atoms in total. The van der Waals surface area contributed by atoms with Gasteiger partial charge in [-0.05, 0) is 31.6 Å². The van der Waals surface area contributed by atoms with Crippen LogP contribution in [0.2, 0.25) is 0 Å². The molecule has 0 aromatic rings. The lowest BCUT2D eigenvalue weighted by Gasteiger charge is -2.52. The lowest BCUT2D eigenvalue weighted by atomic mass is 9.73. The predicted octanol–water partition coefficient (Wildman–Crippen LogP) is 2.61. The van der Waals surface area contributed by atoms with Crippen LogP contribution in [0.4, 0.5) is 0 Å². The Morgan fingerprint density at radius 3 is 2.12 bits per heavy atom. The van der Waals surface area contributed by atoms with Crippen LogP contribution in [0.15, 0.2) is 0 Å². The van der Waals surface area contributed by atoms with Crippen LogP contribution in [0.5, 0.6) is 0 Å². The summed E-state index contributed by atoms with van der Waals surface area (Å²) in [6.07, 6.45) is 3.11. The Morgan fingerprint density at radius 1 is 1.31 bits per heavy atom. The van der Waals surface area contributed by atoms with E-state index in [-0.39, 0.29) is 0 Å². The quantitative estimate of drug-likeness (QED) is 0.758. The predicted molar refractivity (Wildman–Crippen MR) is 65.5 cm³/mol. The minimum atomic E-state index is -0.666.